The van der Waals surface area contributed by atoms with Crippen molar-refractivity contribution in [1.29, 1.82) is 0 Å². The summed E-state index contributed by atoms with van der Waals surface area (Å²) >= 11 is 0. The summed E-state index contributed by atoms with van der Waals surface area (Å²) in [5, 5.41) is 0. The van der Waals surface area contributed by atoms with E-state index in [0.29, 0.717) is 5.75 Å². The van der Waals surface area contributed by atoms with Crippen molar-refractivity contribution in [1.82, 2.24) is 4.57 Å². The van der Waals surface area contributed by atoms with Crippen molar-refractivity contribution in [3.63, 3.8) is 0 Å². The van der Waals surface area contributed by atoms with Gasteiger partial charge < -0.3 is 9.30 Å². The Morgan fingerprint density at radius 2 is 1.36 bits per heavy atom. The molecule has 0 aliphatic heterocycles. The summed E-state index contributed by atoms with van der Waals surface area (Å²) in [5.74, 6) is 0.210. The second-order valence-corrected chi connectivity index (χ2v) is 5.53. The van der Waals surface area contributed by atoms with E-state index in [1.54, 1.807) is 24.5 Å². The Balaban J connectivity index is 1.70. The lowest BCUT2D eigenvalue weighted by molar-refractivity contribution is -0.131. The van der Waals surface area contributed by atoms with Gasteiger partial charge in [-0.05, 0) is 35.4 Å². The van der Waals surface area contributed by atoms with Crippen LogP contribution < -0.4 is 10.2 Å². The lowest BCUT2D eigenvalue weighted by Crippen LogP contribution is -2.01. The van der Waals surface area contributed by atoms with E-state index in [1.807, 2.05) is 53.1 Å². The van der Waals surface area contributed by atoms with E-state index in [9.17, 15) is 9.59 Å². The molecule has 0 radical (unpaired) electrons. The average molecular weight is 331 g/mol. The minimum Gasteiger partial charge on any atom is -0.427 e. The molecule has 124 valence electrons. The lowest BCUT2D eigenvalue weighted by atomic mass is 10.1. The summed E-state index contributed by atoms with van der Waals surface area (Å²) in [6, 6.07) is 18.4. The van der Waals surface area contributed by atoms with Gasteiger partial charge in [-0.3, -0.25) is 9.59 Å². The van der Waals surface area contributed by atoms with Crippen LogP contribution in [0.2, 0.25) is 0 Å². The molecule has 0 N–H and O–H groups in total. The van der Waals surface area contributed by atoms with Gasteiger partial charge in [0.25, 0.3) is 0 Å². The topological polar surface area (TPSA) is 48.3 Å². The molecule has 3 rings (SSSR count). The Hall–Kier alpha value is -3.40. The first-order chi connectivity index (χ1) is 12.1. The molecule has 1 aromatic heterocycles. The number of rotatable bonds is 4. The number of pyridine rings is 1. The molecule has 0 saturated heterocycles. The highest BCUT2D eigenvalue weighted by atomic mass is 16.5. The van der Waals surface area contributed by atoms with Crippen LogP contribution in [-0.4, -0.2) is 10.5 Å². The van der Waals surface area contributed by atoms with Gasteiger partial charge >= 0.3 is 5.97 Å². The van der Waals surface area contributed by atoms with Crippen LogP contribution >= 0.6 is 0 Å². The number of aromatic nitrogens is 1. The third-order valence-electron chi connectivity index (χ3n) is 3.60. The van der Waals surface area contributed by atoms with Gasteiger partial charge in [-0.1, -0.05) is 36.4 Å². The van der Waals surface area contributed by atoms with E-state index in [1.165, 1.54) is 19.1 Å². The van der Waals surface area contributed by atoms with Gasteiger partial charge in [0.15, 0.2) is 5.43 Å². The van der Waals surface area contributed by atoms with Crippen LogP contribution in [0.25, 0.3) is 17.8 Å². The predicted molar refractivity (Wildman–Crippen MR) is 98.7 cm³/mol. The number of nitrogens with zero attached hydrogens (tertiary/aromatic N) is 1. The van der Waals surface area contributed by atoms with Crippen LogP contribution in [0.4, 0.5) is 0 Å². The van der Waals surface area contributed by atoms with Gasteiger partial charge in [0.05, 0.1) is 0 Å². The smallest absolute Gasteiger partial charge is 0.308 e. The van der Waals surface area contributed by atoms with Crippen molar-refractivity contribution in [2.75, 3.05) is 0 Å². The molecule has 4 heteroatoms. The van der Waals surface area contributed by atoms with Gasteiger partial charge in [-0.2, -0.15) is 0 Å². The number of carbonyl (C=O) groups is 1. The quantitative estimate of drug-likeness (QED) is 0.413. The first-order valence-electron chi connectivity index (χ1n) is 7.85. The second kappa shape index (κ2) is 7.45. The molecule has 2 aromatic carbocycles. The summed E-state index contributed by atoms with van der Waals surface area (Å²) < 4.78 is 6.90. The summed E-state index contributed by atoms with van der Waals surface area (Å²) in [4.78, 5) is 22.1. The van der Waals surface area contributed by atoms with Crippen LogP contribution in [0.3, 0.4) is 0 Å². The van der Waals surface area contributed by atoms with Crippen LogP contribution in [0, 0.1) is 0 Å². The number of carbonyl (C=O) groups excluding carboxylic acids is 1. The normalized spacial score (nSPS) is 10.8. The maximum absolute atomic E-state index is 11.2. The van der Waals surface area contributed by atoms with Gasteiger partial charge in [-0.15, -0.1) is 0 Å². The minimum absolute atomic E-state index is 0.00414. The number of benzene rings is 2. The predicted octanol–water partition coefficient (Wildman–Crippen LogP) is 3.93. The van der Waals surface area contributed by atoms with Crippen molar-refractivity contribution < 1.29 is 9.53 Å². The van der Waals surface area contributed by atoms with Gasteiger partial charge in [-0.25, -0.2) is 0 Å². The number of esters is 1. The van der Waals surface area contributed by atoms with E-state index in [4.69, 9.17) is 4.74 Å². The van der Waals surface area contributed by atoms with Crippen LogP contribution in [-0.2, 0) is 4.79 Å². The summed E-state index contributed by atoms with van der Waals surface area (Å²) in [7, 11) is 0. The lowest BCUT2D eigenvalue weighted by Gasteiger charge is -2.05. The molecule has 4 nitrogen and oxygen atoms in total. The molecule has 0 aliphatic rings. The number of ether oxygens (including phenoxy) is 1. The largest absolute Gasteiger partial charge is 0.427 e. The molecular weight excluding hydrogens is 314 g/mol. The van der Waals surface area contributed by atoms with E-state index in [2.05, 4.69) is 0 Å². The zero-order valence-corrected chi connectivity index (χ0v) is 13.8. The third kappa shape index (κ3) is 4.54. The van der Waals surface area contributed by atoms with E-state index in [0.717, 1.165) is 16.8 Å². The number of hydrogen-bond donors (Lipinski definition) is 0. The van der Waals surface area contributed by atoms with E-state index in [-0.39, 0.29) is 11.4 Å². The van der Waals surface area contributed by atoms with Crippen LogP contribution in [0.15, 0.2) is 77.9 Å². The monoisotopic (exact) mass is 331 g/mol. The van der Waals surface area contributed by atoms with Crippen molar-refractivity contribution >= 4 is 18.1 Å². The van der Waals surface area contributed by atoms with E-state index >= 15 is 0 Å². The Bertz CT molecular complexity index is 931. The molecular formula is C21H17NO3. The number of hydrogen-bond acceptors (Lipinski definition) is 3. The molecule has 0 unspecified atom stereocenters. The molecule has 0 spiro atoms. The van der Waals surface area contributed by atoms with Crippen molar-refractivity contribution in [2.45, 2.75) is 6.92 Å². The summed E-state index contributed by atoms with van der Waals surface area (Å²) in [5.41, 5.74) is 3.06. The third-order valence-corrected chi connectivity index (χ3v) is 3.60. The maximum Gasteiger partial charge on any atom is 0.308 e. The van der Waals surface area contributed by atoms with Crippen LogP contribution in [0.5, 0.6) is 5.75 Å². The molecule has 0 aliphatic carbocycles. The second-order valence-electron chi connectivity index (χ2n) is 5.53. The zero-order chi connectivity index (χ0) is 17.6. The minimum atomic E-state index is -0.328. The van der Waals surface area contributed by atoms with Crippen molar-refractivity contribution in [3.8, 4) is 11.4 Å². The molecule has 0 bridgehead atoms. The van der Waals surface area contributed by atoms with E-state index < -0.39 is 0 Å². The molecule has 0 amide bonds. The highest BCUT2D eigenvalue weighted by Gasteiger charge is 1.97. The highest BCUT2D eigenvalue weighted by Crippen LogP contribution is 2.16. The fraction of sp³-hybridized carbons (Fsp3) is 0.0476. The maximum atomic E-state index is 11.2. The summed E-state index contributed by atoms with van der Waals surface area (Å²) in [6.07, 6.45) is 7.50. The molecule has 0 fully saturated rings. The first kappa shape index (κ1) is 16.5. The molecule has 25 heavy (non-hydrogen) atoms. The molecule has 3 aromatic rings. The SMILES string of the molecule is CC(=O)Oc1ccc(/C=C/c2ccc(-n3ccc(=O)cc3)cc2)cc1. The fourth-order valence-corrected chi connectivity index (χ4v) is 2.35. The van der Waals surface area contributed by atoms with Crippen LogP contribution in [0.1, 0.15) is 18.1 Å². The van der Waals surface area contributed by atoms with Crippen molar-refractivity contribution in [2.24, 2.45) is 0 Å². The van der Waals surface area contributed by atoms with Gasteiger partial charge in [0.1, 0.15) is 5.75 Å². The highest BCUT2D eigenvalue weighted by molar-refractivity contribution is 5.71. The van der Waals surface area contributed by atoms with Gasteiger partial charge in [0.2, 0.25) is 0 Å². The molecule has 0 atom stereocenters. The fourth-order valence-electron chi connectivity index (χ4n) is 2.35. The average Bonchev–Trinajstić information content (AvgIpc) is 2.62. The van der Waals surface area contributed by atoms with Gasteiger partial charge in [0, 0.05) is 37.1 Å². The zero-order valence-electron chi connectivity index (χ0n) is 13.8. The van der Waals surface area contributed by atoms with Crippen molar-refractivity contribution in [3.05, 3.63) is 94.4 Å². The Morgan fingerprint density at radius 3 is 1.88 bits per heavy atom. The Morgan fingerprint density at radius 1 is 0.840 bits per heavy atom. The molecule has 1 heterocycles. The Kier molecular flexibility index (Phi) is 4.90. The Labute approximate surface area is 145 Å². The molecule has 0 saturated carbocycles. The summed E-state index contributed by atoms with van der Waals surface area (Å²) in [6.45, 7) is 1.38. The first-order valence-corrected chi connectivity index (χ1v) is 7.85. The standard InChI is InChI=1S/C21H17NO3/c1-16(23)25-21-10-6-18(7-11-21)3-2-17-4-8-19(9-5-17)22-14-12-20(24)13-15-22/h2-15H,1H3/b3-2+.